The molecule has 0 radical (unpaired) electrons. The lowest BCUT2D eigenvalue weighted by atomic mass is 9.82. The number of amides is 1. The number of halogens is 1. The van der Waals surface area contributed by atoms with E-state index in [1.807, 2.05) is 6.07 Å². The van der Waals surface area contributed by atoms with Crippen LogP contribution in [-0.4, -0.2) is 26.0 Å². The van der Waals surface area contributed by atoms with Crippen LogP contribution in [0, 0.1) is 0 Å². The number of hydrogen-bond acceptors (Lipinski definition) is 4. The molecule has 0 fully saturated rings. The number of aliphatic hydroxyl groups is 1. The van der Waals surface area contributed by atoms with Crippen LogP contribution in [0.5, 0.6) is 0 Å². The molecule has 3 aromatic rings. The first-order chi connectivity index (χ1) is 13.4. The van der Waals surface area contributed by atoms with Crippen LogP contribution in [0.3, 0.4) is 0 Å². The number of benzene rings is 3. The van der Waals surface area contributed by atoms with Crippen molar-refractivity contribution in [2.75, 3.05) is 6.61 Å². The molecular formula is C21H18ClNO4S. The second-order valence-corrected chi connectivity index (χ2v) is 8.98. The number of carbonyl (C=O) groups excluding carboxylic acids is 1. The number of hydrogen-bond donors (Lipinski definition) is 2. The Morgan fingerprint density at radius 3 is 2.57 bits per heavy atom. The molecule has 28 heavy (non-hydrogen) atoms. The standard InChI is InChI=1S/C21H18ClNO4S/c22-18-9-4-8-17-16(18)11-12-21(17,13-24)20(25)23-28(26,27)19-10-3-6-14-5-1-2-7-15(14)19/h1-10,24H,11-13H2,(H,23,25). The molecule has 1 unspecified atom stereocenters. The Hall–Kier alpha value is -2.41. The van der Waals surface area contributed by atoms with E-state index in [0.717, 1.165) is 10.9 Å². The highest BCUT2D eigenvalue weighted by Crippen LogP contribution is 2.42. The van der Waals surface area contributed by atoms with Gasteiger partial charge in [0.2, 0.25) is 5.91 Å². The van der Waals surface area contributed by atoms with Crippen molar-refractivity contribution in [3.63, 3.8) is 0 Å². The van der Waals surface area contributed by atoms with Crippen LogP contribution in [0.2, 0.25) is 5.02 Å². The number of sulfonamides is 1. The molecule has 0 saturated carbocycles. The Morgan fingerprint density at radius 2 is 1.79 bits per heavy atom. The van der Waals surface area contributed by atoms with Crippen molar-refractivity contribution in [2.45, 2.75) is 23.2 Å². The summed E-state index contributed by atoms with van der Waals surface area (Å²) in [5.74, 6) is -0.746. The molecule has 1 aliphatic carbocycles. The second-order valence-electron chi connectivity index (χ2n) is 6.92. The van der Waals surface area contributed by atoms with Gasteiger partial charge in [-0.1, -0.05) is 60.1 Å². The Bertz CT molecular complexity index is 1190. The van der Waals surface area contributed by atoms with Crippen molar-refractivity contribution in [3.05, 3.63) is 76.8 Å². The number of nitrogens with one attached hydrogen (secondary N) is 1. The quantitative estimate of drug-likeness (QED) is 0.685. The van der Waals surface area contributed by atoms with Crippen molar-refractivity contribution in [3.8, 4) is 0 Å². The van der Waals surface area contributed by atoms with Gasteiger partial charge >= 0.3 is 0 Å². The molecule has 2 N–H and O–H groups in total. The Morgan fingerprint density at radius 1 is 1.07 bits per heavy atom. The largest absolute Gasteiger partial charge is 0.395 e. The highest BCUT2D eigenvalue weighted by molar-refractivity contribution is 7.90. The van der Waals surface area contributed by atoms with Gasteiger partial charge in [-0.2, -0.15) is 0 Å². The number of rotatable bonds is 4. The minimum Gasteiger partial charge on any atom is -0.395 e. The summed E-state index contributed by atoms with van der Waals surface area (Å²) in [7, 11) is -4.13. The van der Waals surface area contributed by atoms with Crippen LogP contribution >= 0.6 is 11.6 Å². The topological polar surface area (TPSA) is 83.5 Å². The minimum atomic E-state index is -4.13. The minimum absolute atomic E-state index is 0.0244. The van der Waals surface area contributed by atoms with E-state index in [9.17, 15) is 18.3 Å². The molecule has 0 heterocycles. The Kier molecular flexibility index (Phi) is 4.65. The van der Waals surface area contributed by atoms with Crippen LogP contribution in [0.1, 0.15) is 17.5 Å². The molecule has 144 valence electrons. The van der Waals surface area contributed by atoms with Gasteiger partial charge in [0.1, 0.15) is 0 Å². The predicted octanol–water partition coefficient (Wildman–Crippen LogP) is 3.17. The molecule has 1 atom stereocenters. The summed E-state index contributed by atoms with van der Waals surface area (Å²) in [4.78, 5) is 13.1. The first-order valence-electron chi connectivity index (χ1n) is 8.83. The van der Waals surface area contributed by atoms with Crippen LogP contribution in [0.15, 0.2) is 65.6 Å². The maximum absolute atomic E-state index is 13.1. The summed E-state index contributed by atoms with van der Waals surface area (Å²) in [5.41, 5.74) is 0.0155. The van der Waals surface area contributed by atoms with Crippen molar-refractivity contribution in [1.29, 1.82) is 0 Å². The fourth-order valence-electron chi connectivity index (χ4n) is 3.91. The molecule has 5 nitrogen and oxygen atoms in total. The third kappa shape index (κ3) is 2.89. The van der Waals surface area contributed by atoms with Gasteiger partial charge in [-0.05, 0) is 41.5 Å². The van der Waals surface area contributed by atoms with Gasteiger partial charge in [0.05, 0.1) is 16.9 Å². The predicted molar refractivity (Wildman–Crippen MR) is 108 cm³/mol. The monoisotopic (exact) mass is 415 g/mol. The zero-order valence-electron chi connectivity index (χ0n) is 14.9. The lowest BCUT2D eigenvalue weighted by molar-refractivity contribution is -0.126. The third-order valence-corrected chi connectivity index (χ3v) is 7.15. The molecule has 0 spiro atoms. The molecule has 0 aliphatic heterocycles. The third-order valence-electron chi connectivity index (χ3n) is 5.41. The molecule has 0 aromatic heterocycles. The van der Waals surface area contributed by atoms with Crippen LogP contribution in [-0.2, 0) is 26.7 Å². The first kappa shape index (κ1) is 18.9. The lowest BCUT2D eigenvalue weighted by Gasteiger charge is -2.27. The van der Waals surface area contributed by atoms with E-state index < -0.39 is 28.0 Å². The highest BCUT2D eigenvalue weighted by atomic mass is 35.5. The smallest absolute Gasteiger partial charge is 0.264 e. The normalized spacial score (nSPS) is 18.8. The molecule has 7 heteroatoms. The maximum Gasteiger partial charge on any atom is 0.264 e. The summed E-state index contributed by atoms with van der Waals surface area (Å²) in [6.07, 6.45) is 0.788. The lowest BCUT2D eigenvalue weighted by Crippen LogP contribution is -2.47. The maximum atomic E-state index is 13.1. The van der Waals surface area contributed by atoms with Crippen molar-refractivity contribution < 1.29 is 18.3 Å². The molecule has 1 amide bonds. The van der Waals surface area contributed by atoms with Gasteiger partial charge in [0.25, 0.3) is 10.0 Å². The van der Waals surface area contributed by atoms with Crippen molar-refractivity contribution >= 4 is 38.3 Å². The van der Waals surface area contributed by atoms with Gasteiger partial charge in [-0.25, -0.2) is 13.1 Å². The zero-order chi connectivity index (χ0) is 19.9. The van der Waals surface area contributed by atoms with E-state index >= 15 is 0 Å². The second kappa shape index (κ2) is 6.88. The number of carbonyl (C=O) groups is 1. The summed E-state index contributed by atoms with van der Waals surface area (Å²) in [6, 6.07) is 17.1. The van der Waals surface area contributed by atoms with E-state index in [1.165, 1.54) is 6.07 Å². The van der Waals surface area contributed by atoms with E-state index in [-0.39, 0.29) is 4.90 Å². The van der Waals surface area contributed by atoms with Crippen LogP contribution in [0.4, 0.5) is 0 Å². The van der Waals surface area contributed by atoms with Gasteiger partial charge in [0.15, 0.2) is 0 Å². The van der Waals surface area contributed by atoms with Crippen molar-refractivity contribution in [2.24, 2.45) is 0 Å². The Balaban J connectivity index is 1.75. The van der Waals surface area contributed by atoms with Gasteiger partial charge in [-0.15, -0.1) is 0 Å². The Labute approximate surface area is 168 Å². The molecule has 0 bridgehead atoms. The first-order valence-corrected chi connectivity index (χ1v) is 10.7. The van der Waals surface area contributed by atoms with Crippen LogP contribution in [0.25, 0.3) is 10.8 Å². The SMILES string of the molecule is O=C(NS(=O)(=O)c1cccc2ccccc12)C1(CO)CCc2c(Cl)cccc21. The molecule has 4 rings (SSSR count). The average Bonchev–Trinajstić information content (AvgIpc) is 3.08. The molecule has 3 aromatic carbocycles. The van der Waals surface area contributed by atoms with E-state index in [0.29, 0.717) is 28.8 Å². The summed E-state index contributed by atoms with van der Waals surface area (Å²) < 4.78 is 28.2. The van der Waals surface area contributed by atoms with E-state index in [4.69, 9.17) is 11.6 Å². The molecule has 1 aliphatic rings. The fraction of sp³-hybridized carbons (Fsp3) is 0.190. The average molecular weight is 416 g/mol. The summed E-state index contributed by atoms with van der Waals surface area (Å²) in [5, 5.41) is 11.9. The summed E-state index contributed by atoms with van der Waals surface area (Å²) >= 11 is 6.22. The van der Waals surface area contributed by atoms with Gasteiger partial charge in [0, 0.05) is 10.4 Å². The fourth-order valence-corrected chi connectivity index (χ4v) is 5.46. The highest BCUT2D eigenvalue weighted by Gasteiger charge is 2.47. The number of fused-ring (bicyclic) bond motifs is 2. The van der Waals surface area contributed by atoms with E-state index in [1.54, 1.807) is 48.5 Å². The molecule has 0 saturated heterocycles. The zero-order valence-corrected chi connectivity index (χ0v) is 16.4. The van der Waals surface area contributed by atoms with E-state index in [2.05, 4.69) is 4.72 Å². The van der Waals surface area contributed by atoms with Gasteiger partial charge in [-0.3, -0.25) is 4.79 Å². The van der Waals surface area contributed by atoms with Gasteiger partial charge < -0.3 is 5.11 Å². The summed E-state index contributed by atoms with van der Waals surface area (Å²) in [6.45, 7) is -0.503. The number of aliphatic hydroxyl groups excluding tert-OH is 1. The van der Waals surface area contributed by atoms with Crippen molar-refractivity contribution in [1.82, 2.24) is 4.72 Å². The molecular weight excluding hydrogens is 398 g/mol. The van der Waals surface area contributed by atoms with Crippen LogP contribution < -0.4 is 4.72 Å².